The summed E-state index contributed by atoms with van der Waals surface area (Å²) in [6, 6.07) is 20.2. The Kier molecular flexibility index (Phi) is 6.61. The monoisotopic (exact) mass is 377 g/mol. The van der Waals surface area contributed by atoms with Crippen LogP contribution in [0.3, 0.4) is 0 Å². The van der Waals surface area contributed by atoms with Crippen molar-refractivity contribution in [2.24, 2.45) is 0 Å². The summed E-state index contributed by atoms with van der Waals surface area (Å²) < 4.78 is 0. The molecule has 0 bridgehead atoms. The van der Waals surface area contributed by atoms with Crippen molar-refractivity contribution >= 4 is 22.1 Å². The highest BCUT2D eigenvalue weighted by molar-refractivity contribution is 5.82. The van der Waals surface area contributed by atoms with Gasteiger partial charge in [0.1, 0.15) is 5.69 Å². The first-order chi connectivity index (χ1) is 13.6. The minimum absolute atomic E-state index is 0.00398. The molecule has 5 heteroatoms. The fraction of sp³-hybridized carbons (Fsp3) is 0.304. The second-order valence-electron chi connectivity index (χ2n) is 7.17. The van der Waals surface area contributed by atoms with Gasteiger partial charge in [0, 0.05) is 19.2 Å². The minimum Gasteiger partial charge on any atom is -0.393 e. The summed E-state index contributed by atoms with van der Waals surface area (Å²) in [4.78, 5) is 13.1. The molecule has 28 heavy (non-hydrogen) atoms. The van der Waals surface area contributed by atoms with E-state index >= 15 is 0 Å². The van der Waals surface area contributed by atoms with E-state index in [1.807, 2.05) is 6.07 Å². The highest BCUT2D eigenvalue weighted by atomic mass is 16.6. The normalized spacial score (nSPS) is 11.2. The molecular weight excluding hydrogens is 350 g/mol. The van der Waals surface area contributed by atoms with Crippen LogP contribution in [0.4, 0.5) is 11.4 Å². The minimum atomic E-state index is -0.414. The van der Waals surface area contributed by atoms with Crippen LogP contribution in [0, 0.1) is 10.1 Å². The van der Waals surface area contributed by atoms with Crippen molar-refractivity contribution in [1.82, 2.24) is 4.90 Å². The fourth-order valence-electron chi connectivity index (χ4n) is 3.52. The van der Waals surface area contributed by atoms with Crippen LogP contribution in [0.5, 0.6) is 0 Å². The molecular formula is C23H27N3O2. The number of benzene rings is 3. The molecule has 2 N–H and O–H groups in total. The smallest absolute Gasteiger partial charge is 0.292 e. The Morgan fingerprint density at radius 2 is 1.54 bits per heavy atom. The summed E-state index contributed by atoms with van der Waals surface area (Å²) in [5.41, 5.74) is 8.20. The van der Waals surface area contributed by atoms with E-state index in [2.05, 4.69) is 54.3 Å². The number of nitrogen functional groups attached to an aromatic ring is 1. The molecule has 0 saturated heterocycles. The first-order valence-corrected chi connectivity index (χ1v) is 9.79. The van der Waals surface area contributed by atoms with Gasteiger partial charge < -0.3 is 10.6 Å². The molecule has 0 radical (unpaired) electrons. The zero-order valence-electron chi connectivity index (χ0n) is 16.3. The van der Waals surface area contributed by atoms with Crippen molar-refractivity contribution in [2.45, 2.75) is 26.2 Å². The maximum Gasteiger partial charge on any atom is 0.292 e. The fourth-order valence-corrected chi connectivity index (χ4v) is 3.52. The van der Waals surface area contributed by atoms with Crippen LogP contribution in [0.1, 0.15) is 24.5 Å². The molecule has 0 aromatic heterocycles. The Labute approximate surface area is 165 Å². The lowest BCUT2D eigenvalue weighted by atomic mass is 10.0. The molecule has 146 valence electrons. The Balaban J connectivity index is 1.61. The Morgan fingerprint density at radius 3 is 2.21 bits per heavy atom. The Hall–Kier alpha value is -2.92. The maximum absolute atomic E-state index is 11.1. The maximum atomic E-state index is 11.1. The van der Waals surface area contributed by atoms with Crippen LogP contribution in [0.15, 0.2) is 60.7 Å². The Bertz CT molecular complexity index is 955. The van der Waals surface area contributed by atoms with E-state index in [1.54, 1.807) is 12.1 Å². The number of fused-ring (bicyclic) bond motifs is 1. The molecule has 3 rings (SSSR count). The first kappa shape index (κ1) is 19.8. The molecule has 3 aromatic rings. The van der Waals surface area contributed by atoms with Crippen molar-refractivity contribution in [3.63, 3.8) is 0 Å². The number of nitrogens with zero attached hydrogens (tertiary/aromatic N) is 2. The van der Waals surface area contributed by atoms with E-state index in [0.717, 1.165) is 44.5 Å². The van der Waals surface area contributed by atoms with Gasteiger partial charge in [-0.2, -0.15) is 0 Å². The molecule has 0 spiro atoms. The van der Waals surface area contributed by atoms with Crippen LogP contribution in [-0.2, 0) is 12.8 Å². The van der Waals surface area contributed by atoms with E-state index in [-0.39, 0.29) is 11.4 Å². The van der Waals surface area contributed by atoms with Gasteiger partial charge in [-0.15, -0.1) is 0 Å². The molecule has 0 saturated carbocycles. The summed E-state index contributed by atoms with van der Waals surface area (Å²) in [5, 5.41) is 13.6. The Morgan fingerprint density at radius 1 is 0.893 bits per heavy atom. The van der Waals surface area contributed by atoms with Crippen molar-refractivity contribution < 1.29 is 4.92 Å². The summed E-state index contributed by atoms with van der Waals surface area (Å²) in [6.07, 6.45) is 2.85. The molecule has 0 aliphatic carbocycles. The number of nitro benzene ring substituents is 1. The summed E-state index contributed by atoms with van der Waals surface area (Å²) in [6.45, 7) is 5.05. The highest BCUT2D eigenvalue weighted by Gasteiger charge is 2.13. The average Bonchev–Trinajstić information content (AvgIpc) is 2.70. The van der Waals surface area contributed by atoms with Gasteiger partial charge in [-0.1, -0.05) is 55.5 Å². The molecule has 0 aliphatic heterocycles. The van der Waals surface area contributed by atoms with E-state index in [9.17, 15) is 10.1 Å². The lowest BCUT2D eigenvalue weighted by Crippen LogP contribution is -2.29. The lowest BCUT2D eigenvalue weighted by Gasteiger charge is -2.22. The largest absolute Gasteiger partial charge is 0.393 e. The molecule has 5 nitrogen and oxygen atoms in total. The van der Waals surface area contributed by atoms with Gasteiger partial charge >= 0.3 is 0 Å². The predicted octanol–water partition coefficient (Wildman–Crippen LogP) is 4.83. The van der Waals surface area contributed by atoms with Crippen molar-refractivity contribution in [2.75, 3.05) is 25.4 Å². The third kappa shape index (κ3) is 5.08. The van der Waals surface area contributed by atoms with Crippen molar-refractivity contribution in [3.05, 3.63) is 81.9 Å². The number of hydrogen-bond donors (Lipinski definition) is 1. The van der Waals surface area contributed by atoms with Gasteiger partial charge in [-0.3, -0.25) is 10.1 Å². The summed E-state index contributed by atoms with van der Waals surface area (Å²) in [7, 11) is 0. The van der Waals surface area contributed by atoms with Gasteiger partial charge in [0.15, 0.2) is 0 Å². The first-order valence-electron chi connectivity index (χ1n) is 9.79. The van der Waals surface area contributed by atoms with Crippen LogP contribution in [0.25, 0.3) is 10.8 Å². The van der Waals surface area contributed by atoms with Gasteiger partial charge in [-0.25, -0.2) is 0 Å². The zero-order valence-corrected chi connectivity index (χ0v) is 16.3. The predicted molar refractivity (Wildman–Crippen MR) is 116 cm³/mol. The molecule has 0 fully saturated rings. The van der Waals surface area contributed by atoms with Gasteiger partial charge in [0.25, 0.3) is 5.69 Å². The van der Waals surface area contributed by atoms with Gasteiger partial charge in [-0.05, 0) is 53.8 Å². The topological polar surface area (TPSA) is 72.4 Å². The molecule has 0 atom stereocenters. The van der Waals surface area contributed by atoms with Gasteiger partial charge in [0.2, 0.25) is 0 Å². The lowest BCUT2D eigenvalue weighted by molar-refractivity contribution is -0.384. The highest BCUT2D eigenvalue weighted by Crippen LogP contribution is 2.23. The summed E-state index contributed by atoms with van der Waals surface area (Å²) in [5.74, 6) is 0. The van der Waals surface area contributed by atoms with Crippen molar-refractivity contribution in [3.8, 4) is 0 Å². The number of anilines is 1. The molecule has 0 unspecified atom stereocenters. The van der Waals surface area contributed by atoms with E-state index in [0.29, 0.717) is 0 Å². The van der Waals surface area contributed by atoms with E-state index in [4.69, 9.17) is 5.73 Å². The van der Waals surface area contributed by atoms with Crippen LogP contribution < -0.4 is 5.73 Å². The second-order valence-corrected chi connectivity index (χ2v) is 7.17. The van der Waals surface area contributed by atoms with Crippen molar-refractivity contribution in [1.29, 1.82) is 0 Å². The molecule has 0 amide bonds. The molecule has 0 heterocycles. The molecule has 0 aliphatic rings. The second kappa shape index (κ2) is 9.33. The van der Waals surface area contributed by atoms with Gasteiger partial charge in [0.05, 0.1) is 4.92 Å². The SMILES string of the molecule is CCCN(CCc1ccc(N)c([N+](=O)[O-])c1)CCc1ccc2ccccc2c1. The average molecular weight is 377 g/mol. The van der Waals surface area contributed by atoms with Crippen LogP contribution in [0.2, 0.25) is 0 Å². The molecule has 3 aromatic carbocycles. The number of rotatable bonds is 9. The third-order valence-electron chi connectivity index (χ3n) is 5.08. The summed E-state index contributed by atoms with van der Waals surface area (Å²) >= 11 is 0. The van der Waals surface area contributed by atoms with Crippen LogP contribution in [-0.4, -0.2) is 29.5 Å². The van der Waals surface area contributed by atoms with E-state index in [1.165, 1.54) is 16.3 Å². The zero-order chi connectivity index (χ0) is 19.9. The van der Waals surface area contributed by atoms with E-state index < -0.39 is 4.92 Å². The number of hydrogen-bond acceptors (Lipinski definition) is 4. The number of nitrogens with two attached hydrogens (primary N) is 1. The number of nitro groups is 1. The van der Waals surface area contributed by atoms with Crippen LogP contribution >= 0.6 is 0 Å². The third-order valence-corrected chi connectivity index (χ3v) is 5.08. The standard InChI is InChI=1S/C23H27N3O2/c1-2-13-25(15-12-19-8-10-22(24)23(17-19)26(27)28)14-11-18-7-9-20-5-3-4-6-21(20)16-18/h3-10,16-17H,2,11-15,24H2,1H3. The quantitative estimate of drug-likeness (QED) is 0.329.